The van der Waals surface area contributed by atoms with Gasteiger partial charge in [-0.25, -0.2) is 0 Å². The number of aromatic amines is 1. The van der Waals surface area contributed by atoms with E-state index < -0.39 is 0 Å². The highest BCUT2D eigenvalue weighted by Gasteiger charge is 2.08. The summed E-state index contributed by atoms with van der Waals surface area (Å²) in [4.78, 5) is 0. The summed E-state index contributed by atoms with van der Waals surface area (Å²) < 4.78 is 0. The summed E-state index contributed by atoms with van der Waals surface area (Å²) in [6, 6.07) is 8.84. The Morgan fingerprint density at radius 3 is 2.71 bits per heavy atom. The van der Waals surface area contributed by atoms with Crippen LogP contribution in [0.2, 0.25) is 0 Å². The van der Waals surface area contributed by atoms with Crippen LogP contribution in [0.25, 0.3) is 0 Å². The summed E-state index contributed by atoms with van der Waals surface area (Å²) in [5.74, 6) is 0. The Morgan fingerprint density at radius 2 is 2.06 bits per heavy atom. The number of hydrogen-bond donors (Lipinski definition) is 2. The molecule has 0 fully saturated rings. The van der Waals surface area contributed by atoms with Crippen LogP contribution in [0.5, 0.6) is 0 Å². The predicted octanol–water partition coefficient (Wildman–Crippen LogP) is 2.88. The highest BCUT2D eigenvalue weighted by atomic mass is 15.1. The van der Waals surface area contributed by atoms with Crippen molar-refractivity contribution < 1.29 is 0 Å². The number of nitrogens with zero attached hydrogens (tertiary/aromatic N) is 1. The second kappa shape index (κ2) is 5.15. The lowest BCUT2D eigenvalue weighted by atomic mass is 10.0. The quantitative estimate of drug-likeness (QED) is 0.846. The van der Waals surface area contributed by atoms with Crippen molar-refractivity contribution in [1.82, 2.24) is 15.5 Å². The van der Waals surface area contributed by atoms with Crippen LogP contribution in [0.4, 0.5) is 0 Å². The number of hydrogen-bond acceptors (Lipinski definition) is 2. The lowest BCUT2D eigenvalue weighted by molar-refractivity contribution is 0.571. The first-order valence-corrected chi connectivity index (χ1v) is 5.96. The van der Waals surface area contributed by atoms with E-state index in [-0.39, 0.29) is 0 Å². The zero-order valence-electron chi connectivity index (χ0n) is 10.6. The molecule has 2 rings (SSSR count). The van der Waals surface area contributed by atoms with Crippen LogP contribution in [0.1, 0.15) is 35.3 Å². The summed E-state index contributed by atoms with van der Waals surface area (Å²) in [7, 11) is 0. The number of benzene rings is 1. The number of aromatic nitrogens is 2. The first kappa shape index (κ1) is 11.9. The first-order valence-electron chi connectivity index (χ1n) is 5.96. The minimum Gasteiger partial charge on any atom is -0.306 e. The fourth-order valence-electron chi connectivity index (χ4n) is 2.00. The molecule has 1 aromatic heterocycles. The summed E-state index contributed by atoms with van der Waals surface area (Å²) in [6.45, 7) is 7.23. The van der Waals surface area contributed by atoms with Gasteiger partial charge in [-0.3, -0.25) is 5.10 Å². The Bertz CT molecular complexity index is 488. The monoisotopic (exact) mass is 229 g/mol. The molecule has 0 bridgehead atoms. The smallest absolute Gasteiger partial charge is 0.0535 e. The predicted molar refractivity (Wildman–Crippen MR) is 69.8 cm³/mol. The summed E-state index contributed by atoms with van der Waals surface area (Å²) in [6.07, 6.45) is 1.88. The lowest BCUT2D eigenvalue weighted by Gasteiger charge is -2.16. The van der Waals surface area contributed by atoms with E-state index in [9.17, 15) is 0 Å². The van der Waals surface area contributed by atoms with Gasteiger partial charge < -0.3 is 5.32 Å². The summed E-state index contributed by atoms with van der Waals surface area (Å²) >= 11 is 0. The third kappa shape index (κ3) is 2.74. The third-order valence-corrected chi connectivity index (χ3v) is 3.19. The SMILES string of the molecule is Cc1ccccc1[C@@H](C)NCc1cn[nH]c1C. The highest BCUT2D eigenvalue weighted by molar-refractivity contribution is 5.28. The zero-order valence-corrected chi connectivity index (χ0v) is 10.6. The van der Waals surface area contributed by atoms with Gasteiger partial charge in [0.15, 0.2) is 0 Å². The number of H-pyrrole nitrogens is 1. The van der Waals surface area contributed by atoms with Crippen molar-refractivity contribution in [2.24, 2.45) is 0 Å². The van der Waals surface area contributed by atoms with Gasteiger partial charge in [-0.1, -0.05) is 24.3 Å². The van der Waals surface area contributed by atoms with E-state index >= 15 is 0 Å². The standard InChI is InChI=1S/C14H19N3/c1-10-6-4-5-7-14(10)12(3)15-8-13-9-16-17-11(13)2/h4-7,9,12,15H,8H2,1-3H3,(H,16,17)/t12-/m1/s1. The molecule has 0 spiro atoms. The topological polar surface area (TPSA) is 40.7 Å². The second-order valence-corrected chi connectivity index (χ2v) is 4.48. The van der Waals surface area contributed by atoms with Crippen molar-refractivity contribution in [3.05, 3.63) is 52.8 Å². The molecule has 2 N–H and O–H groups in total. The molecule has 0 radical (unpaired) electrons. The zero-order chi connectivity index (χ0) is 12.3. The molecule has 3 heteroatoms. The molecule has 0 saturated heterocycles. The fraction of sp³-hybridized carbons (Fsp3) is 0.357. The summed E-state index contributed by atoms with van der Waals surface area (Å²) in [5.41, 5.74) is 5.05. The van der Waals surface area contributed by atoms with Gasteiger partial charge in [-0.05, 0) is 31.9 Å². The normalized spacial score (nSPS) is 12.6. The van der Waals surface area contributed by atoms with E-state index in [1.807, 2.05) is 13.1 Å². The Balaban J connectivity index is 2.01. The van der Waals surface area contributed by atoms with Crippen LogP contribution in [-0.4, -0.2) is 10.2 Å². The maximum Gasteiger partial charge on any atom is 0.0535 e. The Hall–Kier alpha value is -1.61. The van der Waals surface area contributed by atoms with Gasteiger partial charge >= 0.3 is 0 Å². The molecule has 17 heavy (non-hydrogen) atoms. The van der Waals surface area contributed by atoms with Gasteiger partial charge in [0.05, 0.1) is 6.20 Å². The van der Waals surface area contributed by atoms with Crippen molar-refractivity contribution in [3.63, 3.8) is 0 Å². The molecule has 0 unspecified atom stereocenters. The molecular weight excluding hydrogens is 210 g/mol. The number of aryl methyl sites for hydroxylation is 2. The molecule has 1 atom stereocenters. The van der Waals surface area contributed by atoms with Gasteiger partial charge in [0.1, 0.15) is 0 Å². The minimum atomic E-state index is 0.352. The molecule has 1 heterocycles. The molecular formula is C14H19N3. The van der Waals surface area contributed by atoms with E-state index in [0.29, 0.717) is 6.04 Å². The Kier molecular flexibility index (Phi) is 3.59. The van der Waals surface area contributed by atoms with Crippen molar-refractivity contribution in [2.45, 2.75) is 33.4 Å². The Morgan fingerprint density at radius 1 is 1.29 bits per heavy atom. The van der Waals surface area contributed by atoms with Gasteiger partial charge in [0, 0.05) is 23.8 Å². The Labute approximate surface area is 102 Å². The maximum atomic E-state index is 4.02. The fourth-order valence-corrected chi connectivity index (χ4v) is 2.00. The highest BCUT2D eigenvalue weighted by Crippen LogP contribution is 2.17. The van der Waals surface area contributed by atoms with Crippen molar-refractivity contribution >= 4 is 0 Å². The van der Waals surface area contributed by atoms with Crippen LogP contribution in [0, 0.1) is 13.8 Å². The first-order chi connectivity index (χ1) is 8.18. The third-order valence-electron chi connectivity index (χ3n) is 3.19. The average Bonchev–Trinajstić information content (AvgIpc) is 2.72. The molecule has 0 aliphatic heterocycles. The van der Waals surface area contributed by atoms with Gasteiger partial charge in [-0.15, -0.1) is 0 Å². The molecule has 1 aromatic carbocycles. The molecule has 90 valence electrons. The van der Waals surface area contributed by atoms with E-state index in [2.05, 4.69) is 53.6 Å². The molecule has 0 aliphatic rings. The van der Waals surface area contributed by atoms with Gasteiger partial charge in [0.2, 0.25) is 0 Å². The van der Waals surface area contributed by atoms with E-state index in [1.165, 1.54) is 16.7 Å². The van der Waals surface area contributed by atoms with Gasteiger partial charge in [0.25, 0.3) is 0 Å². The molecule has 2 aromatic rings. The number of rotatable bonds is 4. The van der Waals surface area contributed by atoms with Crippen LogP contribution >= 0.6 is 0 Å². The molecule has 0 amide bonds. The van der Waals surface area contributed by atoms with Crippen LogP contribution < -0.4 is 5.32 Å². The van der Waals surface area contributed by atoms with Crippen molar-refractivity contribution in [1.29, 1.82) is 0 Å². The van der Waals surface area contributed by atoms with Crippen molar-refractivity contribution in [2.75, 3.05) is 0 Å². The lowest BCUT2D eigenvalue weighted by Crippen LogP contribution is -2.19. The summed E-state index contributed by atoms with van der Waals surface area (Å²) in [5, 5.41) is 10.5. The minimum absolute atomic E-state index is 0.352. The van der Waals surface area contributed by atoms with Crippen LogP contribution in [0.3, 0.4) is 0 Å². The van der Waals surface area contributed by atoms with Crippen molar-refractivity contribution in [3.8, 4) is 0 Å². The van der Waals surface area contributed by atoms with E-state index in [1.54, 1.807) is 0 Å². The van der Waals surface area contributed by atoms with Crippen LogP contribution in [0.15, 0.2) is 30.5 Å². The average molecular weight is 229 g/mol. The largest absolute Gasteiger partial charge is 0.306 e. The molecule has 3 nitrogen and oxygen atoms in total. The maximum absolute atomic E-state index is 4.02. The van der Waals surface area contributed by atoms with E-state index in [4.69, 9.17) is 0 Å². The second-order valence-electron chi connectivity index (χ2n) is 4.48. The van der Waals surface area contributed by atoms with Gasteiger partial charge in [-0.2, -0.15) is 5.10 Å². The number of nitrogens with one attached hydrogen (secondary N) is 2. The molecule has 0 aliphatic carbocycles. The van der Waals surface area contributed by atoms with Crippen LogP contribution in [-0.2, 0) is 6.54 Å². The van der Waals surface area contributed by atoms with E-state index in [0.717, 1.165) is 12.2 Å². The molecule has 0 saturated carbocycles.